The first-order valence-corrected chi connectivity index (χ1v) is 8.58. The van der Waals surface area contributed by atoms with E-state index in [1.807, 2.05) is 0 Å². The van der Waals surface area contributed by atoms with Gasteiger partial charge in [-0.1, -0.05) is 13.8 Å². The lowest BCUT2D eigenvalue weighted by atomic mass is 9.89. The number of benzene rings is 1. The van der Waals surface area contributed by atoms with Crippen LogP contribution in [0.15, 0.2) is 10.5 Å². The minimum atomic E-state index is 0.377. The Balaban J connectivity index is 2.57. The number of methoxy groups -OCH3 is 2. The van der Waals surface area contributed by atoms with Crippen LogP contribution in [0.5, 0.6) is 11.5 Å². The second-order valence-corrected chi connectivity index (χ2v) is 7.17. The lowest BCUT2D eigenvalue weighted by Crippen LogP contribution is -2.21. The van der Waals surface area contributed by atoms with Crippen LogP contribution in [-0.2, 0) is 0 Å². The van der Waals surface area contributed by atoms with Crippen LogP contribution in [0.2, 0.25) is 0 Å². The maximum absolute atomic E-state index is 5.89. The smallest absolute Gasteiger partial charge is 0.175 e. The molecule has 1 aliphatic rings. The minimum absolute atomic E-state index is 0.377. The largest absolute Gasteiger partial charge is 0.493 e. The molecule has 1 aromatic rings. The summed E-state index contributed by atoms with van der Waals surface area (Å²) in [6, 6.07) is 2.51. The summed E-state index contributed by atoms with van der Waals surface area (Å²) in [5.41, 5.74) is 8.50. The van der Waals surface area contributed by atoms with Crippen molar-refractivity contribution in [1.29, 1.82) is 0 Å². The summed E-state index contributed by atoms with van der Waals surface area (Å²) in [5, 5.41) is 0. The van der Waals surface area contributed by atoms with E-state index >= 15 is 0 Å². The quantitative estimate of drug-likeness (QED) is 0.860. The molecule has 1 fully saturated rings. The van der Waals surface area contributed by atoms with E-state index < -0.39 is 0 Å². The molecule has 0 saturated carbocycles. The topological polar surface area (TPSA) is 47.7 Å². The van der Waals surface area contributed by atoms with E-state index in [1.54, 1.807) is 14.2 Å². The van der Waals surface area contributed by atoms with Crippen molar-refractivity contribution in [3.8, 4) is 11.5 Å². The average Bonchev–Trinajstić information content (AvgIpc) is 2.86. The van der Waals surface area contributed by atoms with Gasteiger partial charge >= 0.3 is 0 Å². The van der Waals surface area contributed by atoms with Crippen LogP contribution < -0.4 is 15.2 Å². The molecule has 0 bridgehead atoms. The van der Waals surface area contributed by atoms with E-state index in [1.165, 1.54) is 11.1 Å². The van der Waals surface area contributed by atoms with Gasteiger partial charge in [0.15, 0.2) is 11.5 Å². The molecule has 2 N–H and O–H groups in total. The fourth-order valence-electron chi connectivity index (χ4n) is 3.49. The summed E-state index contributed by atoms with van der Waals surface area (Å²) >= 11 is 3.74. The Morgan fingerprint density at radius 1 is 1.36 bits per heavy atom. The number of nitrogens with two attached hydrogens (primary N) is 1. The lowest BCUT2D eigenvalue weighted by molar-refractivity contribution is 0.308. The van der Waals surface area contributed by atoms with Crippen molar-refractivity contribution in [1.82, 2.24) is 4.90 Å². The van der Waals surface area contributed by atoms with Gasteiger partial charge < -0.3 is 15.2 Å². The third-order valence-electron chi connectivity index (χ3n) is 4.59. The van der Waals surface area contributed by atoms with Crippen LogP contribution in [0.25, 0.3) is 0 Å². The fraction of sp³-hybridized carbons (Fsp3) is 0.647. The van der Waals surface area contributed by atoms with Gasteiger partial charge in [0.25, 0.3) is 0 Å². The number of hydrogen-bond donors (Lipinski definition) is 1. The van der Waals surface area contributed by atoms with E-state index in [2.05, 4.69) is 47.8 Å². The molecule has 5 heteroatoms. The van der Waals surface area contributed by atoms with Gasteiger partial charge in [-0.05, 0) is 65.0 Å². The van der Waals surface area contributed by atoms with Gasteiger partial charge in [-0.2, -0.15) is 0 Å². The molecule has 124 valence electrons. The molecule has 1 saturated heterocycles. The highest BCUT2D eigenvalue weighted by Crippen LogP contribution is 2.47. The van der Waals surface area contributed by atoms with Crippen molar-refractivity contribution >= 4 is 15.9 Å². The summed E-state index contributed by atoms with van der Waals surface area (Å²) < 4.78 is 12.1. The molecule has 0 amide bonds. The second-order valence-electron chi connectivity index (χ2n) is 6.38. The van der Waals surface area contributed by atoms with E-state index in [9.17, 15) is 0 Å². The van der Waals surface area contributed by atoms with Crippen molar-refractivity contribution < 1.29 is 9.47 Å². The molecule has 4 nitrogen and oxygen atoms in total. The molecule has 1 aliphatic heterocycles. The Morgan fingerprint density at radius 2 is 2.05 bits per heavy atom. The average molecular weight is 371 g/mol. The molecule has 2 rings (SSSR count). The van der Waals surface area contributed by atoms with E-state index in [4.69, 9.17) is 15.2 Å². The zero-order valence-electron chi connectivity index (χ0n) is 14.1. The van der Waals surface area contributed by atoms with E-state index in [0.29, 0.717) is 17.9 Å². The summed E-state index contributed by atoms with van der Waals surface area (Å²) in [5.74, 6) is 2.50. The summed E-state index contributed by atoms with van der Waals surface area (Å²) in [6.07, 6.45) is 1.09. The van der Waals surface area contributed by atoms with Gasteiger partial charge in [-0.3, -0.25) is 4.90 Å². The van der Waals surface area contributed by atoms with Gasteiger partial charge in [0, 0.05) is 12.6 Å². The first kappa shape index (κ1) is 17.6. The van der Waals surface area contributed by atoms with Crippen LogP contribution in [0, 0.1) is 5.92 Å². The van der Waals surface area contributed by atoms with Crippen LogP contribution >= 0.6 is 15.9 Å². The number of hydrogen-bond acceptors (Lipinski definition) is 4. The van der Waals surface area contributed by atoms with Crippen LogP contribution in [0.1, 0.15) is 43.4 Å². The second kappa shape index (κ2) is 7.20. The Morgan fingerprint density at radius 3 is 2.50 bits per heavy atom. The predicted octanol–water partition coefficient (Wildman–Crippen LogP) is 3.54. The molecule has 0 radical (unpaired) electrons. The molecule has 2 unspecified atom stereocenters. The Hall–Kier alpha value is -0.780. The Bertz CT molecular complexity index is 534. The predicted molar refractivity (Wildman–Crippen MR) is 93.9 cm³/mol. The summed E-state index contributed by atoms with van der Waals surface area (Å²) in [4.78, 5) is 2.40. The molecule has 2 atom stereocenters. The summed E-state index contributed by atoms with van der Waals surface area (Å²) in [7, 11) is 5.54. The number of likely N-dealkylation sites (tertiary alicyclic amines) is 1. The fourth-order valence-corrected chi connectivity index (χ4v) is 4.53. The van der Waals surface area contributed by atoms with Gasteiger partial charge in [-0.15, -0.1) is 0 Å². The van der Waals surface area contributed by atoms with Crippen molar-refractivity contribution in [2.75, 3.05) is 34.4 Å². The van der Waals surface area contributed by atoms with Crippen molar-refractivity contribution in [3.05, 3.63) is 21.7 Å². The summed E-state index contributed by atoms with van der Waals surface area (Å²) in [6.45, 7) is 6.22. The molecule has 0 aromatic heterocycles. The van der Waals surface area contributed by atoms with Gasteiger partial charge in [0.1, 0.15) is 0 Å². The molecule has 0 spiro atoms. The standard InChI is InChI=1S/C17H27BrN2O2/c1-10(2)15-12(13-6-11(8-19)9-20(13)3)7-14(21-4)17(22-5)16(15)18/h7,10-11,13H,6,8-9,19H2,1-5H3. The molecular formula is C17H27BrN2O2. The maximum atomic E-state index is 5.89. The van der Waals surface area contributed by atoms with E-state index in [-0.39, 0.29) is 0 Å². The Kier molecular flexibility index (Phi) is 5.75. The molecule has 1 aromatic carbocycles. The SMILES string of the molecule is COc1cc(C2CC(CN)CN2C)c(C(C)C)c(Br)c1OC. The van der Waals surface area contributed by atoms with E-state index in [0.717, 1.165) is 35.5 Å². The first-order valence-electron chi connectivity index (χ1n) is 7.79. The van der Waals surface area contributed by atoms with Gasteiger partial charge in [-0.25, -0.2) is 0 Å². The maximum Gasteiger partial charge on any atom is 0.175 e. The van der Waals surface area contributed by atoms with Gasteiger partial charge in [0.05, 0.1) is 18.7 Å². The third-order valence-corrected chi connectivity index (χ3v) is 5.37. The van der Waals surface area contributed by atoms with Crippen molar-refractivity contribution in [2.45, 2.75) is 32.2 Å². The van der Waals surface area contributed by atoms with Crippen molar-refractivity contribution in [3.63, 3.8) is 0 Å². The lowest BCUT2D eigenvalue weighted by Gasteiger charge is -2.27. The zero-order valence-corrected chi connectivity index (χ0v) is 15.7. The number of ether oxygens (including phenoxy) is 2. The zero-order chi connectivity index (χ0) is 16.4. The number of nitrogens with zero attached hydrogens (tertiary/aromatic N) is 1. The number of halogens is 1. The first-order chi connectivity index (χ1) is 10.4. The highest BCUT2D eigenvalue weighted by molar-refractivity contribution is 9.10. The molecular weight excluding hydrogens is 344 g/mol. The molecule has 22 heavy (non-hydrogen) atoms. The Labute approximate surface area is 142 Å². The van der Waals surface area contributed by atoms with Crippen LogP contribution in [0.4, 0.5) is 0 Å². The van der Waals surface area contributed by atoms with Crippen LogP contribution in [0.3, 0.4) is 0 Å². The monoisotopic (exact) mass is 370 g/mol. The molecule has 1 heterocycles. The highest BCUT2D eigenvalue weighted by atomic mass is 79.9. The highest BCUT2D eigenvalue weighted by Gasteiger charge is 2.33. The van der Waals surface area contributed by atoms with Crippen molar-refractivity contribution in [2.24, 2.45) is 11.7 Å². The van der Waals surface area contributed by atoms with Gasteiger partial charge in [0.2, 0.25) is 0 Å². The van der Waals surface area contributed by atoms with Crippen LogP contribution in [-0.4, -0.2) is 39.3 Å². The normalized spacial score (nSPS) is 22.4. The number of rotatable bonds is 5. The third kappa shape index (κ3) is 3.12. The molecule has 0 aliphatic carbocycles. The minimum Gasteiger partial charge on any atom is -0.493 e.